The van der Waals surface area contributed by atoms with Crippen LogP contribution < -0.4 is 26.4 Å². The van der Waals surface area contributed by atoms with Gasteiger partial charge in [0.05, 0.1) is 17.7 Å². The first-order valence-corrected chi connectivity index (χ1v) is 23.9. The SMILES string of the molecule is [C-]#[N+]C(=Cc1ccc(N(c2ccc(C=Cc3cc4ccc(C(CC)NC)cc4oc3=O)cc2)c2ccc(C=Cc3cc4ccc(N(CC)CC)cc4oc3=O)cc2)cc1)c1ccc(C=C(C#N)C(=O)O)s1. The van der Waals surface area contributed by atoms with Gasteiger partial charge >= 0.3 is 17.2 Å². The third-order valence-corrected chi connectivity index (χ3v) is 13.2. The van der Waals surface area contributed by atoms with Crippen LogP contribution >= 0.6 is 11.3 Å². The molecule has 8 aromatic rings. The van der Waals surface area contributed by atoms with Crippen molar-refractivity contribution in [3.05, 3.63) is 214 Å². The van der Waals surface area contributed by atoms with Crippen LogP contribution in [0.3, 0.4) is 0 Å². The summed E-state index contributed by atoms with van der Waals surface area (Å²) in [5.74, 6) is -1.31. The number of nitrogens with one attached hydrogen (secondary N) is 1. The minimum Gasteiger partial charge on any atom is -0.477 e. The van der Waals surface area contributed by atoms with Gasteiger partial charge < -0.3 is 29.1 Å². The Balaban J connectivity index is 1.08. The van der Waals surface area contributed by atoms with E-state index in [1.165, 1.54) is 17.4 Å². The maximum Gasteiger partial charge on any atom is 0.346 e. The Morgan fingerprint density at radius 3 is 1.72 bits per heavy atom. The lowest BCUT2D eigenvalue weighted by atomic mass is 10.0. The molecule has 0 aliphatic heterocycles. The van der Waals surface area contributed by atoms with Gasteiger partial charge in [-0.1, -0.05) is 73.7 Å². The summed E-state index contributed by atoms with van der Waals surface area (Å²) in [7, 11) is 1.92. The average molecular weight is 956 g/mol. The van der Waals surface area contributed by atoms with E-state index in [0.717, 1.165) is 75.3 Å². The maximum absolute atomic E-state index is 13.1. The van der Waals surface area contributed by atoms with Crippen LogP contribution in [0.25, 0.3) is 68.9 Å². The van der Waals surface area contributed by atoms with Crippen LogP contribution in [0.5, 0.6) is 0 Å². The predicted molar refractivity (Wildman–Crippen MR) is 290 cm³/mol. The van der Waals surface area contributed by atoms with E-state index in [0.29, 0.717) is 37.7 Å². The van der Waals surface area contributed by atoms with Crippen molar-refractivity contribution < 1.29 is 18.7 Å². The summed E-state index contributed by atoms with van der Waals surface area (Å²) < 4.78 is 11.5. The van der Waals surface area contributed by atoms with Gasteiger partial charge in [-0.05, 0) is 147 Å². The second-order valence-electron chi connectivity index (χ2n) is 16.5. The Kier molecular flexibility index (Phi) is 15.1. The summed E-state index contributed by atoms with van der Waals surface area (Å²) in [5, 5.41) is 23.5. The van der Waals surface area contributed by atoms with E-state index in [-0.39, 0.29) is 11.6 Å². The zero-order valence-electron chi connectivity index (χ0n) is 39.6. The highest BCUT2D eigenvalue weighted by molar-refractivity contribution is 7.14. The van der Waals surface area contributed by atoms with Gasteiger partial charge in [0, 0.05) is 68.5 Å². The van der Waals surface area contributed by atoms with Crippen molar-refractivity contribution in [1.82, 2.24) is 5.32 Å². The van der Waals surface area contributed by atoms with E-state index in [4.69, 9.17) is 15.4 Å². The fraction of sp³-hybridized carbons (Fsp3) is 0.136. The average Bonchev–Trinajstić information content (AvgIpc) is 3.86. The van der Waals surface area contributed by atoms with E-state index >= 15 is 0 Å². The third kappa shape index (κ3) is 11.2. The van der Waals surface area contributed by atoms with E-state index in [2.05, 4.69) is 46.8 Å². The molecule has 0 aliphatic carbocycles. The molecule has 71 heavy (non-hydrogen) atoms. The largest absolute Gasteiger partial charge is 0.477 e. The quantitative estimate of drug-likeness (QED) is 0.0392. The summed E-state index contributed by atoms with van der Waals surface area (Å²) >= 11 is 1.23. The Morgan fingerprint density at radius 1 is 0.704 bits per heavy atom. The van der Waals surface area contributed by atoms with Crippen molar-refractivity contribution in [2.75, 3.05) is 29.9 Å². The molecule has 3 heterocycles. The van der Waals surface area contributed by atoms with Crippen molar-refractivity contribution in [2.45, 2.75) is 33.2 Å². The lowest BCUT2D eigenvalue weighted by Gasteiger charge is -2.26. The first kappa shape index (κ1) is 48.6. The standard InChI is InChI=1S/C59H49N5O6S/c1-6-52(61-4)41-19-20-42-32-44(58(67)69-54(42)35-41)17-9-38-11-22-47(23-12-38)64(49-26-15-40(16-27-49)31-53(62-5)56-30-29-51(71-56)34-46(37-60)57(65)66)48-24-13-39(14-25-48)10-18-45-33-43-21-28-50(63(7-2)8-3)36-55(43)70-59(45)68/h9-36,52,61H,6-8H2,1-4H3,(H,65,66). The third-order valence-electron chi connectivity index (χ3n) is 12.1. The smallest absolute Gasteiger partial charge is 0.346 e. The molecule has 0 spiro atoms. The molecular formula is C59H49N5O6S. The van der Waals surface area contributed by atoms with Gasteiger partial charge in [0.2, 0.25) is 5.70 Å². The molecule has 0 saturated heterocycles. The maximum atomic E-state index is 13.1. The van der Waals surface area contributed by atoms with Crippen LogP contribution in [0.4, 0.5) is 22.7 Å². The van der Waals surface area contributed by atoms with E-state index < -0.39 is 17.2 Å². The number of fused-ring (bicyclic) bond motifs is 2. The molecular weight excluding hydrogens is 907 g/mol. The normalized spacial score (nSPS) is 12.4. The van der Waals surface area contributed by atoms with Crippen LogP contribution in [-0.2, 0) is 4.79 Å². The van der Waals surface area contributed by atoms with Gasteiger partial charge in [0.1, 0.15) is 22.8 Å². The first-order chi connectivity index (χ1) is 34.5. The number of rotatable bonds is 17. The van der Waals surface area contributed by atoms with Gasteiger partial charge in [-0.15, -0.1) is 11.3 Å². The van der Waals surface area contributed by atoms with Gasteiger partial charge in [0.15, 0.2) is 0 Å². The number of carboxylic acid groups (broad SMARTS) is 1. The van der Waals surface area contributed by atoms with Crippen LogP contribution in [0, 0.1) is 17.9 Å². The molecule has 5 aromatic carbocycles. The molecule has 0 aliphatic rings. The molecule has 0 fully saturated rings. The van der Waals surface area contributed by atoms with Crippen molar-refractivity contribution in [3.8, 4) is 6.07 Å². The summed E-state index contributed by atoms with van der Waals surface area (Å²) in [6, 6.07) is 44.6. The molecule has 0 saturated carbocycles. The highest BCUT2D eigenvalue weighted by Crippen LogP contribution is 2.36. The van der Waals surface area contributed by atoms with Crippen LogP contribution in [-0.4, -0.2) is 31.2 Å². The number of aliphatic carboxylic acids is 1. The van der Waals surface area contributed by atoms with E-state index in [9.17, 15) is 24.8 Å². The number of thiophene rings is 1. The van der Waals surface area contributed by atoms with Gasteiger partial charge in [0.25, 0.3) is 0 Å². The second-order valence-corrected chi connectivity index (χ2v) is 17.6. The number of nitrogens with zero attached hydrogens (tertiary/aromatic N) is 4. The van der Waals surface area contributed by atoms with Crippen LogP contribution in [0.1, 0.15) is 76.4 Å². The van der Waals surface area contributed by atoms with Crippen LogP contribution in [0.2, 0.25) is 0 Å². The van der Waals surface area contributed by atoms with Crippen LogP contribution in [0.15, 0.2) is 157 Å². The molecule has 8 rings (SSSR count). The molecule has 0 amide bonds. The summed E-state index contributed by atoms with van der Waals surface area (Å²) in [5.41, 5.74) is 8.27. The molecule has 2 N–H and O–H groups in total. The number of nitriles is 1. The lowest BCUT2D eigenvalue weighted by Crippen LogP contribution is -2.21. The number of hydrogen-bond acceptors (Lipinski definition) is 10. The number of anilines is 4. The molecule has 1 unspecified atom stereocenters. The predicted octanol–water partition coefficient (Wildman–Crippen LogP) is 13.7. The zero-order valence-corrected chi connectivity index (χ0v) is 40.4. The topological polar surface area (TPSA) is 144 Å². The molecule has 3 aromatic heterocycles. The zero-order chi connectivity index (χ0) is 50.0. The van der Waals surface area contributed by atoms with Gasteiger partial charge in [-0.2, -0.15) is 5.26 Å². The van der Waals surface area contributed by atoms with Crippen molar-refractivity contribution in [3.63, 3.8) is 0 Å². The van der Waals surface area contributed by atoms with Gasteiger partial charge in [-0.3, -0.25) is 0 Å². The second kappa shape index (κ2) is 22.1. The highest BCUT2D eigenvalue weighted by Gasteiger charge is 2.15. The molecule has 0 bridgehead atoms. The number of carbonyl (C=O) groups is 1. The lowest BCUT2D eigenvalue weighted by molar-refractivity contribution is -0.132. The van der Waals surface area contributed by atoms with Crippen molar-refractivity contribution >= 4 is 104 Å². The van der Waals surface area contributed by atoms with E-state index in [1.54, 1.807) is 36.4 Å². The Bertz CT molecular complexity index is 3420. The Labute approximate surface area is 415 Å². The minimum atomic E-state index is -1.31. The van der Waals surface area contributed by atoms with Gasteiger partial charge in [-0.25, -0.2) is 19.2 Å². The highest BCUT2D eigenvalue weighted by atomic mass is 32.1. The minimum absolute atomic E-state index is 0.163. The molecule has 352 valence electrons. The summed E-state index contributed by atoms with van der Waals surface area (Å²) in [6.07, 6.45) is 11.3. The molecule has 11 nitrogen and oxygen atoms in total. The number of benzene rings is 5. The molecule has 12 heteroatoms. The summed E-state index contributed by atoms with van der Waals surface area (Å²) in [6.45, 7) is 15.9. The fourth-order valence-electron chi connectivity index (χ4n) is 8.28. The van der Waals surface area contributed by atoms with Crippen molar-refractivity contribution in [2.24, 2.45) is 0 Å². The molecule has 0 radical (unpaired) electrons. The summed E-state index contributed by atoms with van der Waals surface area (Å²) in [4.78, 5) is 46.8. The molecule has 1 atom stereocenters. The first-order valence-electron chi connectivity index (χ1n) is 23.1. The number of carboxylic acids is 1. The number of hydrogen-bond donors (Lipinski definition) is 2. The Hall–Kier alpha value is -8.81. The van der Waals surface area contributed by atoms with Crippen molar-refractivity contribution in [1.29, 1.82) is 5.26 Å². The fourth-order valence-corrected chi connectivity index (χ4v) is 9.19. The monoisotopic (exact) mass is 955 g/mol. The Morgan fingerprint density at radius 2 is 1.23 bits per heavy atom. The van der Waals surface area contributed by atoms with E-state index in [1.807, 2.05) is 134 Å².